The maximum absolute atomic E-state index is 13.3. The van der Waals surface area contributed by atoms with Crippen molar-refractivity contribution in [1.29, 1.82) is 0 Å². The zero-order chi connectivity index (χ0) is 14.5. The molecular weight excluding hydrogens is 269 g/mol. The fraction of sp³-hybridized carbons (Fsp3) is 0. The molecule has 1 amide bonds. The van der Waals surface area contributed by atoms with Crippen molar-refractivity contribution in [1.82, 2.24) is 5.43 Å². The van der Waals surface area contributed by atoms with E-state index in [4.69, 9.17) is 0 Å². The molecule has 102 valence electrons. The summed E-state index contributed by atoms with van der Waals surface area (Å²) in [5.74, 6) is -3.04. The van der Waals surface area contributed by atoms with Crippen molar-refractivity contribution in [3.63, 3.8) is 0 Å². The minimum atomic E-state index is -0.922. The quantitative estimate of drug-likeness (QED) is 0.680. The Morgan fingerprint density at radius 1 is 1.05 bits per heavy atom. The topological polar surface area (TPSA) is 41.5 Å². The highest BCUT2D eigenvalue weighted by molar-refractivity contribution is 5.95. The molecule has 0 aliphatic rings. The molecule has 2 aromatic rings. The zero-order valence-corrected chi connectivity index (χ0v) is 10.1. The molecule has 6 heteroatoms. The highest BCUT2D eigenvalue weighted by Crippen LogP contribution is 2.09. The van der Waals surface area contributed by atoms with E-state index < -0.39 is 28.9 Å². The molecule has 20 heavy (non-hydrogen) atoms. The summed E-state index contributed by atoms with van der Waals surface area (Å²) in [6.07, 6.45) is 1.07. The van der Waals surface area contributed by atoms with Crippen LogP contribution in [0.25, 0.3) is 0 Å². The zero-order valence-electron chi connectivity index (χ0n) is 10.1. The fourth-order valence-electron chi connectivity index (χ4n) is 1.47. The van der Waals surface area contributed by atoms with Crippen molar-refractivity contribution in [3.8, 4) is 0 Å². The molecule has 0 bridgehead atoms. The highest BCUT2D eigenvalue weighted by Gasteiger charge is 2.11. The van der Waals surface area contributed by atoms with Crippen LogP contribution in [0.3, 0.4) is 0 Å². The van der Waals surface area contributed by atoms with Gasteiger partial charge in [-0.05, 0) is 24.3 Å². The first-order valence-corrected chi connectivity index (χ1v) is 5.61. The Kier molecular flexibility index (Phi) is 4.14. The normalized spacial score (nSPS) is 10.8. The predicted octanol–water partition coefficient (Wildman–Crippen LogP) is 2.87. The first-order chi connectivity index (χ1) is 9.58. The summed E-state index contributed by atoms with van der Waals surface area (Å²) in [6.45, 7) is 0. The molecule has 0 saturated carbocycles. The van der Waals surface area contributed by atoms with Gasteiger partial charge in [0.1, 0.15) is 17.5 Å². The lowest BCUT2D eigenvalue weighted by atomic mass is 10.2. The summed E-state index contributed by atoms with van der Waals surface area (Å²) in [5, 5.41) is 3.50. The van der Waals surface area contributed by atoms with Crippen molar-refractivity contribution in [2.75, 3.05) is 0 Å². The van der Waals surface area contributed by atoms with E-state index in [0.29, 0.717) is 0 Å². The number of rotatable bonds is 3. The number of nitrogens with one attached hydrogen (secondary N) is 1. The van der Waals surface area contributed by atoms with Gasteiger partial charge >= 0.3 is 0 Å². The van der Waals surface area contributed by atoms with Crippen LogP contribution in [0.5, 0.6) is 0 Å². The van der Waals surface area contributed by atoms with Gasteiger partial charge < -0.3 is 0 Å². The van der Waals surface area contributed by atoms with Crippen molar-refractivity contribution in [2.24, 2.45) is 5.10 Å². The molecule has 0 aliphatic carbocycles. The summed E-state index contributed by atoms with van der Waals surface area (Å²) in [6, 6.07) is 8.28. The third-order valence-electron chi connectivity index (χ3n) is 2.45. The van der Waals surface area contributed by atoms with E-state index in [1.807, 2.05) is 5.43 Å². The standard InChI is InChI=1S/C14H9F3N2O/c15-10-5-6-13(17)11(7-10)14(20)19-18-8-9-3-1-2-4-12(9)16/h1-8H,(H,19,20). The molecule has 1 N–H and O–H groups in total. The average molecular weight is 278 g/mol. The summed E-state index contributed by atoms with van der Waals surface area (Å²) < 4.78 is 39.4. The van der Waals surface area contributed by atoms with Gasteiger partial charge in [0.25, 0.3) is 5.91 Å². The number of amides is 1. The second kappa shape index (κ2) is 6.01. The third kappa shape index (κ3) is 3.23. The van der Waals surface area contributed by atoms with Crippen molar-refractivity contribution in [3.05, 3.63) is 71.0 Å². The Hall–Kier alpha value is -2.63. The summed E-state index contributed by atoms with van der Waals surface area (Å²) in [7, 11) is 0. The van der Waals surface area contributed by atoms with Crippen LogP contribution in [-0.2, 0) is 0 Å². The third-order valence-corrected chi connectivity index (χ3v) is 2.45. The fourth-order valence-corrected chi connectivity index (χ4v) is 1.47. The Balaban J connectivity index is 2.09. The van der Waals surface area contributed by atoms with Crippen LogP contribution in [0.15, 0.2) is 47.6 Å². The largest absolute Gasteiger partial charge is 0.274 e. The molecule has 2 aromatic carbocycles. The van der Waals surface area contributed by atoms with E-state index in [0.717, 1.165) is 24.4 Å². The highest BCUT2D eigenvalue weighted by atomic mass is 19.1. The van der Waals surface area contributed by atoms with Gasteiger partial charge in [0.15, 0.2) is 0 Å². The maximum atomic E-state index is 13.3. The Morgan fingerprint density at radius 3 is 2.55 bits per heavy atom. The second-order valence-corrected chi connectivity index (χ2v) is 3.84. The molecule has 0 aliphatic heterocycles. The summed E-state index contributed by atoms with van der Waals surface area (Å²) >= 11 is 0. The van der Waals surface area contributed by atoms with Gasteiger partial charge in [-0.3, -0.25) is 4.79 Å². The van der Waals surface area contributed by atoms with Crippen LogP contribution in [0, 0.1) is 17.5 Å². The van der Waals surface area contributed by atoms with Gasteiger partial charge in [0.2, 0.25) is 0 Å². The Morgan fingerprint density at radius 2 is 1.80 bits per heavy atom. The van der Waals surface area contributed by atoms with Crippen LogP contribution < -0.4 is 5.43 Å². The average Bonchev–Trinajstić information content (AvgIpc) is 2.43. The number of hydrogen-bond acceptors (Lipinski definition) is 2. The van der Waals surface area contributed by atoms with Crippen LogP contribution in [-0.4, -0.2) is 12.1 Å². The molecule has 0 fully saturated rings. The maximum Gasteiger partial charge on any atom is 0.274 e. The van der Waals surface area contributed by atoms with Crippen LogP contribution in [0.2, 0.25) is 0 Å². The Labute approximate surface area is 112 Å². The molecule has 0 heterocycles. The molecule has 0 saturated heterocycles. The smallest absolute Gasteiger partial charge is 0.267 e. The monoisotopic (exact) mass is 278 g/mol. The summed E-state index contributed by atoms with van der Waals surface area (Å²) in [4.78, 5) is 11.6. The molecule has 3 nitrogen and oxygen atoms in total. The van der Waals surface area contributed by atoms with E-state index in [-0.39, 0.29) is 5.56 Å². The Bertz CT molecular complexity index is 671. The first-order valence-electron chi connectivity index (χ1n) is 5.61. The minimum Gasteiger partial charge on any atom is -0.267 e. The van der Waals surface area contributed by atoms with Crippen LogP contribution in [0.4, 0.5) is 13.2 Å². The van der Waals surface area contributed by atoms with E-state index >= 15 is 0 Å². The predicted molar refractivity (Wildman–Crippen MR) is 67.8 cm³/mol. The number of halogens is 3. The molecule has 2 rings (SSSR count). The minimum absolute atomic E-state index is 0.160. The number of carbonyl (C=O) groups excluding carboxylic acids is 1. The van der Waals surface area contributed by atoms with E-state index in [9.17, 15) is 18.0 Å². The number of hydrazone groups is 1. The molecule has 0 radical (unpaired) electrons. The van der Waals surface area contributed by atoms with E-state index in [2.05, 4.69) is 5.10 Å². The van der Waals surface area contributed by atoms with Crippen molar-refractivity contribution >= 4 is 12.1 Å². The number of nitrogens with zero attached hydrogens (tertiary/aromatic N) is 1. The van der Waals surface area contributed by atoms with Gasteiger partial charge in [-0.1, -0.05) is 18.2 Å². The van der Waals surface area contributed by atoms with Crippen LogP contribution >= 0.6 is 0 Å². The molecule has 0 atom stereocenters. The lowest BCUT2D eigenvalue weighted by Crippen LogP contribution is -2.19. The van der Waals surface area contributed by atoms with Gasteiger partial charge in [0.05, 0.1) is 11.8 Å². The van der Waals surface area contributed by atoms with Crippen molar-refractivity contribution in [2.45, 2.75) is 0 Å². The van der Waals surface area contributed by atoms with Gasteiger partial charge in [-0.15, -0.1) is 0 Å². The van der Waals surface area contributed by atoms with Gasteiger partial charge in [-0.25, -0.2) is 18.6 Å². The van der Waals surface area contributed by atoms with E-state index in [1.165, 1.54) is 18.2 Å². The van der Waals surface area contributed by atoms with Crippen molar-refractivity contribution < 1.29 is 18.0 Å². The molecule has 0 aromatic heterocycles. The summed E-state index contributed by atoms with van der Waals surface area (Å²) in [5.41, 5.74) is 1.68. The molecular formula is C14H9F3N2O. The number of carbonyl (C=O) groups is 1. The first kappa shape index (κ1) is 13.8. The number of hydrogen-bond donors (Lipinski definition) is 1. The molecule has 0 spiro atoms. The van der Waals surface area contributed by atoms with Crippen LogP contribution in [0.1, 0.15) is 15.9 Å². The van der Waals surface area contributed by atoms with Gasteiger partial charge in [-0.2, -0.15) is 5.10 Å². The number of benzene rings is 2. The van der Waals surface area contributed by atoms with E-state index in [1.54, 1.807) is 6.07 Å². The lowest BCUT2D eigenvalue weighted by molar-refractivity contribution is 0.0950. The SMILES string of the molecule is O=C(NN=Cc1ccccc1F)c1cc(F)ccc1F. The second-order valence-electron chi connectivity index (χ2n) is 3.84. The molecule has 0 unspecified atom stereocenters. The lowest BCUT2D eigenvalue weighted by Gasteiger charge is -2.01. The van der Waals surface area contributed by atoms with Gasteiger partial charge in [0, 0.05) is 5.56 Å².